The van der Waals surface area contributed by atoms with Crippen molar-refractivity contribution < 1.29 is 28.6 Å². The molecule has 0 saturated carbocycles. The van der Waals surface area contributed by atoms with Gasteiger partial charge in [-0.2, -0.15) is 0 Å². The van der Waals surface area contributed by atoms with Crippen LogP contribution in [0.4, 0.5) is 4.39 Å². The first kappa shape index (κ1) is 23.8. The number of hydrogen-bond donors (Lipinski definition) is 1. The smallest absolute Gasteiger partial charge is 0.335 e. The summed E-state index contributed by atoms with van der Waals surface area (Å²) in [6.45, 7) is 5.62. The molecule has 0 aromatic heterocycles. The lowest BCUT2D eigenvalue weighted by Crippen LogP contribution is -2.58. The van der Waals surface area contributed by atoms with Gasteiger partial charge in [-0.3, -0.25) is 9.69 Å². The molecule has 1 aliphatic heterocycles. The van der Waals surface area contributed by atoms with E-state index in [1.165, 1.54) is 31.4 Å². The highest BCUT2D eigenvalue weighted by atomic mass is 35.5. The third-order valence-electron chi connectivity index (χ3n) is 5.55. The molecular weight excluding hydrogens is 439 g/mol. The second-order valence-electron chi connectivity index (χ2n) is 7.88. The molecule has 1 N–H and O–H groups in total. The minimum atomic E-state index is -1.14. The van der Waals surface area contributed by atoms with Gasteiger partial charge in [0.2, 0.25) is 0 Å². The highest BCUT2D eigenvalue weighted by Crippen LogP contribution is 2.36. The first-order chi connectivity index (χ1) is 15.2. The number of carboxylic acid groups (broad SMARTS) is 1. The maximum atomic E-state index is 13.2. The van der Waals surface area contributed by atoms with Crippen molar-refractivity contribution in [1.29, 1.82) is 0 Å². The van der Waals surface area contributed by atoms with Crippen LogP contribution in [0, 0.1) is 5.82 Å². The van der Waals surface area contributed by atoms with Gasteiger partial charge < -0.3 is 19.5 Å². The van der Waals surface area contributed by atoms with E-state index >= 15 is 0 Å². The molecule has 7 nitrogen and oxygen atoms in total. The van der Waals surface area contributed by atoms with Crippen LogP contribution in [0.2, 0.25) is 5.02 Å². The number of methoxy groups -OCH3 is 1. The number of amides is 1. The third kappa shape index (κ3) is 5.49. The van der Waals surface area contributed by atoms with Crippen LogP contribution in [-0.2, 0) is 11.3 Å². The Balaban J connectivity index is 1.63. The maximum absolute atomic E-state index is 13.2. The molecule has 9 heteroatoms. The van der Waals surface area contributed by atoms with E-state index < -0.39 is 5.97 Å². The molecule has 1 saturated heterocycles. The summed E-state index contributed by atoms with van der Waals surface area (Å²) in [4.78, 5) is 28.1. The Morgan fingerprint density at radius 3 is 2.47 bits per heavy atom. The van der Waals surface area contributed by atoms with E-state index in [4.69, 9.17) is 26.2 Å². The summed E-state index contributed by atoms with van der Waals surface area (Å²) in [5, 5.41) is 9.21. The van der Waals surface area contributed by atoms with Crippen molar-refractivity contribution in [2.24, 2.45) is 0 Å². The van der Waals surface area contributed by atoms with E-state index in [2.05, 4.69) is 4.90 Å². The van der Waals surface area contributed by atoms with Gasteiger partial charge in [0.05, 0.1) is 17.7 Å². The molecule has 1 amide bonds. The van der Waals surface area contributed by atoms with Gasteiger partial charge in [0.15, 0.2) is 18.1 Å². The number of halogens is 2. The van der Waals surface area contributed by atoms with Crippen molar-refractivity contribution in [3.05, 3.63) is 58.4 Å². The van der Waals surface area contributed by atoms with Gasteiger partial charge in [0.25, 0.3) is 5.91 Å². The average molecular weight is 465 g/mol. The van der Waals surface area contributed by atoms with E-state index in [1.807, 2.05) is 13.8 Å². The van der Waals surface area contributed by atoms with Crippen LogP contribution in [0.15, 0.2) is 36.4 Å². The fourth-order valence-corrected chi connectivity index (χ4v) is 4.06. The van der Waals surface area contributed by atoms with Crippen molar-refractivity contribution in [3.8, 4) is 11.5 Å². The molecule has 0 spiro atoms. The number of piperazine rings is 1. The Labute approximate surface area is 191 Å². The number of rotatable bonds is 7. The van der Waals surface area contributed by atoms with Crippen molar-refractivity contribution in [3.63, 3.8) is 0 Å². The highest BCUT2D eigenvalue weighted by Gasteiger charge is 2.32. The molecule has 1 fully saturated rings. The molecule has 172 valence electrons. The Hall–Kier alpha value is -2.84. The van der Waals surface area contributed by atoms with Crippen LogP contribution in [-0.4, -0.2) is 65.7 Å². The number of aromatic carboxylic acids is 1. The predicted octanol–water partition coefficient (Wildman–Crippen LogP) is 3.69. The molecule has 2 aromatic carbocycles. The Morgan fingerprint density at radius 2 is 1.84 bits per heavy atom. The number of ether oxygens (including phenoxy) is 2. The SMILES string of the molecule is COc1cc(C(=O)O)cc(Cl)c1OCC(=O)N1C[C@H](C)N(Cc2ccc(F)cc2)C[C@H]1C. The number of carbonyl (C=O) groups is 2. The van der Waals surface area contributed by atoms with Gasteiger partial charge in [-0.1, -0.05) is 23.7 Å². The monoisotopic (exact) mass is 464 g/mol. The lowest BCUT2D eigenvalue weighted by atomic mass is 10.1. The quantitative estimate of drug-likeness (QED) is 0.673. The molecule has 3 rings (SSSR count). The van der Waals surface area contributed by atoms with Gasteiger partial charge >= 0.3 is 5.97 Å². The second kappa shape index (κ2) is 10.2. The van der Waals surface area contributed by atoms with Gasteiger partial charge in [-0.05, 0) is 43.7 Å². The van der Waals surface area contributed by atoms with Crippen LogP contribution in [0.5, 0.6) is 11.5 Å². The van der Waals surface area contributed by atoms with E-state index in [9.17, 15) is 14.0 Å². The Bertz CT molecular complexity index is 985. The summed E-state index contributed by atoms with van der Waals surface area (Å²) in [5.41, 5.74) is 0.977. The topological polar surface area (TPSA) is 79.3 Å². The largest absolute Gasteiger partial charge is 0.493 e. The van der Waals surface area contributed by atoms with Gasteiger partial charge in [0.1, 0.15) is 5.82 Å². The zero-order chi connectivity index (χ0) is 23.4. The van der Waals surface area contributed by atoms with Crippen molar-refractivity contribution in [2.45, 2.75) is 32.5 Å². The van der Waals surface area contributed by atoms with Crippen LogP contribution < -0.4 is 9.47 Å². The van der Waals surface area contributed by atoms with Crippen molar-refractivity contribution in [2.75, 3.05) is 26.8 Å². The number of benzene rings is 2. The van der Waals surface area contributed by atoms with Crippen LogP contribution in [0.1, 0.15) is 29.8 Å². The number of hydrogen-bond acceptors (Lipinski definition) is 5. The molecule has 0 unspecified atom stereocenters. The van der Waals surface area contributed by atoms with Crippen LogP contribution >= 0.6 is 11.6 Å². The fraction of sp³-hybridized carbons (Fsp3) is 0.391. The third-order valence-corrected chi connectivity index (χ3v) is 5.83. The Morgan fingerprint density at radius 1 is 1.16 bits per heavy atom. The van der Waals surface area contributed by atoms with Crippen molar-refractivity contribution in [1.82, 2.24) is 9.80 Å². The van der Waals surface area contributed by atoms with Crippen molar-refractivity contribution >= 4 is 23.5 Å². The molecule has 0 bridgehead atoms. The summed E-state index contributed by atoms with van der Waals surface area (Å²) in [6, 6.07) is 9.04. The maximum Gasteiger partial charge on any atom is 0.335 e. The molecule has 2 atom stereocenters. The minimum absolute atomic E-state index is 0.0368. The lowest BCUT2D eigenvalue weighted by molar-refractivity contribution is -0.139. The summed E-state index contributed by atoms with van der Waals surface area (Å²) in [7, 11) is 1.37. The number of carboxylic acids is 1. The second-order valence-corrected chi connectivity index (χ2v) is 8.29. The lowest BCUT2D eigenvalue weighted by Gasteiger charge is -2.44. The molecule has 1 heterocycles. The zero-order valence-electron chi connectivity index (χ0n) is 18.2. The molecule has 0 aliphatic carbocycles. The Kier molecular flexibility index (Phi) is 7.58. The first-order valence-electron chi connectivity index (χ1n) is 10.2. The van der Waals surface area contributed by atoms with E-state index in [0.717, 1.165) is 5.56 Å². The van der Waals surface area contributed by atoms with E-state index in [-0.39, 0.29) is 52.5 Å². The summed E-state index contributed by atoms with van der Waals surface area (Å²) in [5.74, 6) is -1.34. The van der Waals surface area contributed by atoms with Crippen LogP contribution in [0.3, 0.4) is 0 Å². The van der Waals surface area contributed by atoms with E-state index in [1.54, 1.807) is 17.0 Å². The average Bonchev–Trinajstić information content (AvgIpc) is 2.75. The zero-order valence-corrected chi connectivity index (χ0v) is 18.9. The molecule has 1 aliphatic rings. The normalized spacial score (nSPS) is 19.0. The molecular formula is C23H26ClFN2O5. The van der Waals surface area contributed by atoms with Gasteiger partial charge in [-0.25, -0.2) is 9.18 Å². The number of nitrogens with zero attached hydrogens (tertiary/aromatic N) is 2. The predicted molar refractivity (Wildman–Crippen MR) is 118 cm³/mol. The van der Waals surface area contributed by atoms with Gasteiger partial charge in [-0.15, -0.1) is 0 Å². The summed E-state index contributed by atoms with van der Waals surface area (Å²) >= 11 is 6.16. The molecule has 32 heavy (non-hydrogen) atoms. The minimum Gasteiger partial charge on any atom is -0.493 e. The first-order valence-corrected chi connectivity index (χ1v) is 10.6. The van der Waals surface area contributed by atoms with Gasteiger partial charge in [0, 0.05) is 31.7 Å². The summed E-state index contributed by atoms with van der Waals surface area (Å²) in [6.07, 6.45) is 0. The molecule has 2 aromatic rings. The standard InChI is InChI=1S/C23H26ClFN2O5/c1-14-11-27(15(2)10-26(14)12-16-4-6-18(25)7-5-16)21(28)13-32-22-19(24)8-17(23(29)30)9-20(22)31-3/h4-9,14-15H,10-13H2,1-3H3,(H,29,30)/t14-,15+/m0/s1. The fourth-order valence-electron chi connectivity index (χ4n) is 3.79. The molecule has 0 radical (unpaired) electrons. The highest BCUT2D eigenvalue weighted by molar-refractivity contribution is 6.32. The van der Waals surface area contributed by atoms with E-state index in [0.29, 0.717) is 19.6 Å². The summed E-state index contributed by atoms with van der Waals surface area (Å²) < 4.78 is 24.0. The number of carbonyl (C=O) groups excluding carboxylic acids is 1. The van der Waals surface area contributed by atoms with Crippen LogP contribution in [0.25, 0.3) is 0 Å².